The molecule has 2 heterocycles. The number of rotatable bonds is 5. The first-order valence-electron chi connectivity index (χ1n) is 7.09. The van der Waals surface area contributed by atoms with Crippen molar-refractivity contribution in [2.24, 2.45) is 0 Å². The van der Waals surface area contributed by atoms with Gasteiger partial charge in [-0.05, 0) is 11.6 Å². The van der Waals surface area contributed by atoms with Gasteiger partial charge in [-0.15, -0.1) is 0 Å². The van der Waals surface area contributed by atoms with E-state index in [1.165, 1.54) is 12.1 Å². The lowest BCUT2D eigenvalue weighted by Crippen LogP contribution is -2.45. The summed E-state index contributed by atoms with van der Waals surface area (Å²) in [5.41, 5.74) is 0.251. The molecule has 23 heavy (non-hydrogen) atoms. The molecule has 1 amide bonds. The highest BCUT2D eigenvalue weighted by Gasteiger charge is 2.31. The zero-order valence-electron chi connectivity index (χ0n) is 12.1. The lowest BCUT2D eigenvalue weighted by atomic mass is 10.1. The van der Waals surface area contributed by atoms with Crippen molar-refractivity contribution in [2.75, 3.05) is 13.2 Å². The van der Waals surface area contributed by atoms with Crippen molar-refractivity contribution in [1.29, 1.82) is 0 Å². The predicted octanol–water partition coefficient (Wildman–Crippen LogP) is 1.71. The van der Waals surface area contributed by atoms with E-state index in [2.05, 4.69) is 15.5 Å². The monoisotopic (exact) mass is 339 g/mol. The number of H-pyrrole nitrogens is 1. The number of carbonyl (C=O) groups excluding carboxylic acids is 1. The van der Waals surface area contributed by atoms with Crippen LogP contribution in [0.25, 0.3) is 0 Å². The molecular weight excluding hydrogens is 325 g/mol. The molecule has 1 aromatic carbocycles. The van der Waals surface area contributed by atoms with Gasteiger partial charge in [0, 0.05) is 0 Å². The summed E-state index contributed by atoms with van der Waals surface area (Å²) < 4.78 is 24.9. The Bertz CT molecular complexity index is 681. The SMILES string of the molecule is O=C(Cc1cccc(Cl)c1F)N[C@H]1COC[C@H]1Oc1cn[nH]c1. The molecule has 1 saturated heterocycles. The fourth-order valence-electron chi connectivity index (χ4n) is 2.38. The molecule has 0 spiro atoms. The van der Waals surface area contributed by atoms with Crippen LogP contribution in [-0.2, 0) is 16.0 Å². The number of hydrogen-bond acceptors (Lipinski definition) is 4. The summed E-state index contributed by atoms with van der Waals surface area (Å²) >= 11 is 5.71. The fraction of sp³-hybridized carbons (Fsp3) is 0.333. The quantitative estimate of drug-likeness (QED) is 0.869. The summed E-state index contributed by atoms with van der Waals surface area (Å²) in [5.74, 6) is -0.318. The smallest absolute Gasteiger partial charge is 0.224 e. The van der Waals surface area contributed by atoms with Crippen molar-refractivity contribution in [1.82, 2.24) is 15.5 Å². The second-order valence-corrected chi connectivity index (χ2v) is 5.60. The zero-order chi connectivity index (χ0) is 16.2. The van der Waals surface area contributed by atoms with Crippen LogP contribution in [0.3, 0.4) is 0 Å². The highest BCUT2D eigenvalue weighted by atomic mass is 35.5. The number of nitrogens with zero attached hydrogens (tertiary/aromatic N) is 1. The van der Waals surface area contributed by atoms with E-state index < -0.39 is 5.82 Å². The fourth-order valence-corrected chi connectivity index (χ4v) is 2.57. The number of halogens is 2. The van der Waals surface area contributed by atoms with Gasteiger partial charge in [0.2, 0.25) is 5.91 Å². The first-order chi connectivity index (χ1) is 11.1. The van der Waals surface area contributed by atoms with Gasteiger partial charge in [0.15, 0.2) is 5.75 Å². The van der Waals surface area contributed by atoms with Crippen LogP contribution in [-0.4, -0.2) is 41.5 Å². The molecule has 0 radical (unpaired) electrons. The van der Waals surface area contributed by atoms with Gasteiger partial charge in [0.25, 0.3) is 0 Å². The molecule has 2 N–H and O–H groups in total. The molecule has 0 aliphatic carbocycles. The number of ether oxygens (including phenoxy) is 2. The van der Waals surface area contributed by atoms with Crippen molar-refractivity contribution in [3.63, 3.8) is 0 Å². The number of benzene rings is 1. The van der Waals surface area contributed by atoms with Crippen LogP contribution in [0.5, 0.6) is 5.75 Å². The highest BCUT2D eigenvalue weighted by Crippen LogP contribution is 2.19. The average Bonchev–Trinajstić information content (AvgIpc) is 3.17. The summed E-state index contributed by atoms with van der Waals surface area (Å²) in [5, 5.41) is 9.25. The van der Waals surface area contributed by atoms with Gasteiger partial charge in [0.1, 0.15) is 11.9 Å². The summed E-state index contributed by atoms with van der Waals surface area (Å²) in [6.07, 6.45) is 2.74. The van der Waals surface area contributed by atoms with E-state index in [9.17, 15) is 9.18 Å². The Morgan fingerprint density at radius 2 is 2.39 bits per heavy atom. The lowest BCUT2D eigenvalue weighted by molar-refractivity contribution is -0.121. The number of carbonyl (C=O) groups is 1. The van der Waals surface area contributed by atoms with Gasteiger partial charge in [-0.25, -0.2) is 4.39 Å². The second kappa shape index (κ2) is 6.97. The maximum atomic E-state index is 13.8. The molecule has 1 fully saturated rings. The normalized spacial score (nSPS) is 20.4. The number of nitrogens with one attached hydrogen (secondary N) is 2. The minimum Gasteiger partial charge on any atom is -0.482 e. The maximum Gasteiger partial charge on any atom is 0.224 e. The predicted molar refractivity (Wildman–Crippen MR) is 80.9 cm³/mol. The first kappa shape index (κ1) is 15.8. The van der Waals surface area contributed by atoms with Crippen LogP contribution in [0, 0.1) is 5.82 Å². The molecule has 2 aromatic rings. The number of aromatic amines is 1. The Balaban J connectivity index is 1.59. The van der Waals surface area contributed by atoms with E-state index >= 15 is 0 Å². The van der Waals surface area contributed by atoms with Crippen LogP contribution in [0.4, 0.5) is 4.39 Å². The van der Waals surface area contributed by atoms with E-state index in [0.29, 0.717) is 19.0 Å². The van der Waals surface area contributed by atoms with Gasteiger partial charge in [-0.3, -0.25) is 9.89 Å². The van der Waals surface area contributed by atoms with Crippen molar-refractivity contribution < 1.29 is 18.7 Å². The molecule has 2 atom stereocenters. The Kier molecular flexibility index (Phi) is 4.78. The molecule has 0 unspecified atom stereocenters. The van der Waals surface area contributed by atoms with Crippen LogP contribution >= 0.6 is 11.6 Å². The van der Waals surface area contributed by atoms with Crippen LogP contribution in [0.15, 0.2) is 30.6 Å². The largest absolute Gasteiger partial charge is 0.482 e. The third kappa shape index (κ3) is 3.80. The third-order valence-electron chi connectivity index (χ3n) is 3.52. The Morgan fingerprint density at radius 1 is 1.52 bits per heavy atom. The molecule has 1 aliphatic rings. The van der Waals surface area contributed by atoms with E-state index in [1.54, 1.807) is 18.5 Å². The zero-order valence-corrected chi connectivity index (χ0v) is 12.8. The van der Waals surface area contributed by atoms with Crippen LogP contribution in [0.1, 0.15) is 5.56 Å². The summed E-state index contributed by atoms with van der Waals surface area (Å²) in [4.78, 5) is 12.1. The van der Waals surface area contributed by atoms with Crippen molar-refractivity contribution >= 4 is 17.5 Å². The molecule has 122 valence electrons. The molecule has 1 aliphatic heterocycles. The average molecular weight is 340 g/mol. The number of aromatic nitrogens is 2. The van der Waals surface area contributed by atoms with E-state index in [1.807, 2.05) is 0 Å². The van der Waals surface area contributed by atoms with Crippen LogP contribution < -0.4 is 10.1 Å². The van der Waals surface area contributed by atoms with Gasteiger partial charge < -0.3 is 14.8 Å². The molecule has 1 aromatic heterocycles. The number of hydrogen-bond donors (Lipinski definition) is 2. The Morgan fingerprint density at radius 3 is 3.17 bits per heavy atom. The van der Waals surface area contributed by atoms with Gasteiger partial charge >= 0.3 is 0 Å². The summed E-state index contributed by atoms with van der Waals surface area (Å²) in [7, 11) is 0. The standard InChI is InChI=1S/C15H15ClFN3O3/c16-11-3-1-2-9(15(11)17)4-14(21)20-12-7-22-8-13(12)23-10-5-18-19-6-10/h1-3,5-6,12-13H,4,7-8H2,(H,18,19)(H,20,21)/t12-,13+/m0/s1. The summed E-state index contributed by atoms with van der Waals surface area (Å²) in [6.45, 7) is 0.702. The minimum absolute atomic E-state index is 0.000618. The highest BCUT2D eigenvalue weighted by molar-refractivity contribution is 6.30. The molecule has 3 rings (SSSR count). The third-order valence-corrected chi connectivity index (χ3v) is 3.81. The molecule has 6 nitrogen and oxygen atoms in total. The van der Waals surface area contributed by atoms with Crippen molar-refractivity contribution in [3.05, 3.63) is 47.0 Å². The van der Waals surface area contributed by atoms with E-state index in [-0.39, 0.29) is 35.1 Å². The minimum atomic E-state index is -0.571. The van der Waals surface area contributed by atoms with E-state index in [0.717, 1.165) is 0 Å². The maximum absolute atomic E-state index is 13.8. The molecular formula is C15H15ClFN3O3. The number of amides is 1. The van der Waals surface area contributed by atoms with Crippen molar-refractivity contribution in [2.45, 2.75) is 18.6 Å². The van der Waals surface area contributed by atoms with Gasteiger partial charge in [0.05, 0.1) is 43.1 Å². The molecule has 0 saturated carbocycles. The van der Waals surface area contributed by atoms with Crippen LogP contribution in [0.2, 0.25) is 5.02 Å². The van der Waals surface area contributed by atoms with Gasteiger partial charge in [-0.1, -0.05) is 23.7 Å². The molecule has 0 bridgehead atoms. The van der Waals surface area contributed by atoms with Gasteiger partial charge in [-0.2, -0.15) is 5.10 Å². The van der Waals surface area contributed by atoms with E-state index in [4.69, 9.17) is 21.1 Å². The second-order valence-electron chi connectivity index (χ2n) is 5.19. The lowest BCUT2D eigenvalue weighted by Gasteiger charge is -2.19. The van der Waals surface area contributed by atoms with Crippen molar-refractivity contribution in [3.8, 4) is 5.75 Å². The molecule has 8 heteroatoms. The Labute approximate surface area is 136 Å². The topological polar surface area (TPSA) is 76.2 Å². The Hall–Kier alpha value is -2.12. The first-order valence-corrected chi connectivity index (χ1v) is 7.46. The summed E-state index contributed by atoms with van der Waals surface area (Å²) in [6, 6.07) is 4.28.